The second-order valence-electron chi connectivity index (χ2n) is 7.03. The standard InChI is InChI=1S/C25H20I2N2O2/c1-16-8-9-23(17(2)10-16)29-25(30)20(14-28)11-19-12-21(26)24(22(27)13-19)31-15-18-6-4-3-5-7-18/h3-13H,15H2,1-2H3,(H,29,30)/b20-11+. The molecule has 0 radical (unpaired) electrons. The largest absolute Gasteiger partial charge is 0.487 e. The van der Waals surface area contributed by atoms with Gasteiger partial charge in [0.05, 0.1) is 7.14 Å². The molecule has 0 aliphatic rings. The third-order valence-corrected chi connectivity index (χ3v) is 6.16. The molecule has 156 valence electrons. The number of carbonyl (C=O) groups is 1. The summed E-state index contributed by atoms with van der Waals surface area (Å²) >= 11 is 4.43. The average Bonchev–Trinajstić information content (AvgIpc) is 2.74. The van der Waals surface area contributed by atoms with Crippen LogP contribution in [-0.4, -0.2) is 5.91 Å². The maximum atomic E-state index is 12.7. The number of nitrogens with one attached hydrogen (secondary N) is 1. The highest BCUT2D eigenvalue weighted by molar-refractivity contribution is 14.1. The Bertz CT molecular complexity index is 1160. The fourth-order valence-electron chi connectivity index (χ4n) is 2.99. The summed E-state index contributed by atoms with van der Waals surface area (Å²) in [7, 11) is 0. The normalized spacial score (nSPS) is 11.0. The third-order valence-electron chi connectivity index (χ3n) is 4.55. The molecule has 0 heterocycles. The minimum Gasteiger partial charge on any atom is -0.487 e. The number of benzene rings is 3. The monoisotopic (exact) mass is 634 g/mol. The van der Waals surface area contributed by atoms with Gasteiger partial charge < -0.3 is 10.1 Å². The van der Waals surface area contributed by atoms with Gasteiger partial charge in [-0.2, -0.15) is 5.26 Å². The summed E-state index contributed by atoms with van der Waals surface area (Å²) in [5.74, 6) is 0.365. The number of carbonyl (C=O) groups excluding carboxylic acids is 1. The molecule has 0 saturated heterocycles. The summed E-state index contributed by atoms with van der Waals surface area (Å²) in [5, 5.41) is 12.4. The molecular weight excluding hydrogens is 614 g/mol. The van der Waals surface area contributed by atoms with E-state index in [0.29, 0.717) is 12.3 Å². The molecule has 3 aromatic rings. The minimum absolute atomic E-state index is 0.0459. The SMILES string of the molecule is Cc1ccc(NC(=O)/C(C#N)=C/c2cc(I)c(OCc3ccccc3)c(I)c2)c(C)c1. The van der Waals surface area contributed by atoms with E-state index >= 15 is 0 Å². The van der Waals surface area contributed by atoms with Gasteiger partial charge in [0.25, 0.3) is 5.91 Å². The summed E-state index contributed by atoms with van der Waals surface area (Å²) in [6, 6.07) is 21.6. The van der Waals surface area contributed by atoms with E-state index < -0.39 is 5.91 Å². The Morgan fingerprint density at radius 2 is 1.74 bits per heavy atom. The van der Waals surface area contributed by atoms with Gasteiger partial charge in [-0.3, -0.25) is 4.79 Å². The van der Waals surface area contributed by atoms with Crippen LogP contribution in [0.3, 0.4) is 0 Å². The van der Waals surface area contributed by atoms with Crippen LogP contribution in [0.15, 0.2) is 66.2 Å². The fraction of sp³-hybridized carbons (Fsp3) is 0.120. The maximum absolute atomic E-state index is 12.7. The quantitative estimate of drug-likeness (QED) is 0.188. The van der Waals surface area contributed by atoms with Crippen molar-refractivity contribution in [1.29, 1.82) is 5.26 Å². The van der Waals surface area contributed by atoms with Crippen molar-refractivity contribution in [2.45, 2.75) is 20.5 Å². The van der Waals surface area contributed by atoms with E-state index in [1.54, 1.807) is 6.08 Å². The van der Waals surface area contributed by atoms with Gasteiger partial charge in [0.1, 0.15) is 24.0 Å². The number of amides is 1. The predicted molar refractivity (Wildman–Crippen MR) is 141 cm³/mol. The molecule has 0 fully saturated rings. The third kappa shape index (κ3) is 6.31. The molecule has 0 aliphatic heterocycles. The second-order valence-corrected chi connectivity index (χ2v) is 9.35. The van der Waals surface area contributed by atoms with Gasteiger partial charge in [0.2, 0.25) is 0 Å². The number of aryl methyl sites for hydroxylation is 2. The molecule has 0 atom stereocenters. The lowest BCUT2D eigenvalue weighted by Gasteiger charge is -2.12. The minimum atomic E-state index is -0.427. The number of halogens is 2. The van der Waals surface area contributed by atoms with Crippen LogP contribution in [0.2, 0.25) is 0 Å². The van der Waals surface area contributed by atoms with Crippen LogP contribution in [0.4, 0.5) is 5.69 Å². The van der Waals surface area contributed by atoms with Crippen LogP contribution in [0.25, 0.3) is 6.08 Å². The first-order valence-electron chi connectivity index (χ1n) is 9.53. The van der Waals surface area contributed by atoms with E-state index in [-0.39, 0.29) is 5.57 Å². The molecule has 1 amide bonds. The van der Waals surface area contributed by atoms with E-state index in [4.69, 9.17) is 4.74 Å². The molecule has 1 N–H and O–H groups in total. The molecule has 31 heavy (non-hydrogen) atoms. The lowest BCUT2D eigenvalue weighted by Crippen LogP contribution is -2.14. The Labute approximate surface area is 209 Å². The first-order chi connectivity index (χ1) is 14.9. The Morgan fingerprint density at radius 3 is 2.35 bits per heavy atom. The van der Waals surface area contributed by atoms with Gasteiger partial charge >= 0.3 is 0 Å². The van der Waals surface area contributed by atoms with Crippen molar-refractivity contribution in [3.63, 3.8) is 0 Å². The van der Waals surface area contributed by atoms with Crippen LogP contribution in [0, 0.1) is 32.3 Å². The Morgan fingerprint density at radius 1 is 1.06 bits per heavy atom. The van der Waals surface area contributed by atoms with Gasteiger partial charge in [-0.25, -0.2) is 0 Å². The molecule has 3 aromatic carbocycles. The van der Waals surface area contributed by atoms with Gasteiger partial charge in [-0.1, -0.05) is 48.0 Å². The summed E-state index contributed by atoms with van der Waals surface area (Å²) in [6.45, 7) is 4.40. The van der Waals surface area contributed by atoms with Gasteiger partial charge in [-0.15, -0.1) is 0 Å². The molecule has 3 rings (SSSR count). The van der Waals surface area contributed by atoms with Crippen molar-refractivity contribution >= 4 is 62.9 Å². The summed E-state index contributed by atoms with van der Waals surface area (Å²) < 4.78 is 7.84. The van der Waals surface area contributed by atoms with Crippen molar-refractivity contribution < 1.29 is 9.53 Å². The highest BCUT2D eigenvalue weighted by Crippen LogP contribution is 2.30. The molecular formula is C25H20I2N2O2. The zero-order chi connectivity index (χ0) is 22.4. The summed E-state index contributed by atoms with van der Waals surface area (Å²) in [4.78, 5) is 12.7. The number of hydrogen-bond acceptors (Lipinski definition) is 3. The summed E-state index contributed by atoms with van der Waals surface area (Å²) in [5.41, 5.74) is 4.68. The second kappa shape index (κ2) is 10.8. The molecule has 0 saturated carbocycles. The number of ether oxygens (including phenoxy) is 1. The van der Waals surface area contributed by atoms with Crippen molar-refractivity contribution in [1.82, 2.24) is 0 Å². The molecule has 6 heteroatoms. The van der Waals surface area contributed by atoms with Crippen molar-refractivity contribution in [2.24, 2.45) is 0 Å². The van der Waals surface area contributed by atoms with E-state index in [0.717, 1.165) is 35.1 Å². The molecule has 0 bridgehead atoms. The maximum Gasteiger partial charge on any atom is 0.266 e. The number of nitrogens with zero attached hydrogens (tertiary/aromatic N) is 1. The van der Waals surface area contributed by atoms with E-state index in [1.165, 1.54) is 0 Å². The molecule has 0 aliphatic carbocycles. The first-order valence-corrected chi connectivity index (χ1v) is 11.7. The molecule has 0 spiro atoms. The Kier molecular flexibility index (Phi) is 8.09. The fourth-order valence-corrected chi connectivity index (χ4v) is 5.12. The van der Waals surface area contributed by atoms with Crippen molar-refractivity contribution in [3.8, 4) is 11.8 Å². The van der Waals surface area contributed by atoms with Crippen LogP contribution >= 0.6 is 45.2 Å². The van der Waals surface area contributed by atoms with Crippen molar-refractivity contribution in [2.75, 3.05) is 5.32 Å². The topological polar surface area (TPSA) is 62.1 Å². The number of hydrogen-bond donors (Lipinski definition) is 1. The number of rotatable bonds is 6. The van der Waals surface area contributed by atoms with Gasteiger partial charge in [-0.05, 0) is 100.0 Å². The predicted octanol–water partition coefficient (Wildman–Crippen LogP) is 6.64. The van der Waals surface area contributed by atoms with Crippen molar-refractivity contribution in [3.05, 3.63) is 95.6 Å². The van der Waals surface area contributed by atoms with Crippen LogP contribution in [-0.2, 0) is 11.4 Å². The smallest absolute Gasteiger partial charge is 0.266 e. The lowest BCUT2D eigenvalue weighted by molar-refractivity contribution is -0.112. The zero-order valence-electron chi connectivity index (χ0n) is 17.1. The average molecular weight is 634 g/mol. The van der Waals surface area contributed by atoms with E-state index in [1.807, 2.05) is 80.6 Å². The molecule has 0 unspecified atom stereocenters. The van der Waals surface area contributed by atoms with Crippen LogP contribution in [0.1, 0.15) is 22.3 Å². The zero-order valence-corrected chi connectivity index (χ0v) is 21.4. The van der Waals surface area contributed by atoms with E-state index in [9.17, 15) is 10.1 Å². The van der Waals surface area contributed by atoms with Gasteiger partial charge in [0, 0.05) is 5.69 Å². The van der Waals surface area contributed by atoms with Crippen LogP contribution < -0.4 is 10.1 Å². The number of nitriles is 1. The molecule has 0 aromatic heterocycles. The number of anilines is 1. The Hall–Kier alpha value is -2.38. The highest BCUT2D eigenvalue weighted by Gasteiger charge is 2.13. The first kappa shape index (κ1) is 23.3. The lowest BCUT2D eigenvalue weighted by atomic mass is 10.1. The molecule has 4 nitrogen and oxygen atoms in total. The van der Waals surface area contributed by atoms with E-state index in [2.05, 4.69) is 50.5 Å². The summed E-state index contributed by atoms with van der Waals surface area (Å²) in [6.07, 6.45) is 1.60. The van der Waals surface area contributed by atoms with Gasteiger partial charge in [0.15, 0.2) is 0 Å². The van der Waals surface area contributed by atoms with Crippen LogP contribution in [0.5, 0.6) is 5.75 Å². The highest BCUT2D eigenvalue weighted by atomic mass is 127. The Balaban J connectivity index is 1.79.